The lowest BCUT2D eigenvalue weighted by Gasteiger charge is -2.09. The van der Waals surface area contributed by atoms with Crippen molar-refractivity contribution in [3.8, 4) is 16.9 Å². The zero-order valence-electron chi connectivity index (χ0n) is 12.3. The summed E-state index contributed by atoms with van der Waals surface area (Å²) in [5.41, 5.74) is 5.91. The Labute approximate surface area is 138 Å². The Bertz CT molecular complexity index is 834. The third-order valence-electron chi connectivity index (χ3n) is 4.11. The topological polar surface area (TPSA) is 29.9 Å². The average molecular weight is 354 g/mol. The first-order chi connectivity index (χ1) is 10.7. The van der Waals surface area contributed by atoms with Gasteiger partial charge in [-0.25, -0.2) is 4.68 Å². The van der Waals surface area contributed by atoms with E-state index in [4.69, 9.17) is 5.10 Å². The number of rotatable bonds is 2. The summed E-state index contributed by atoms with van der Waals surface area (Å²) in [5.74, 6) is 1.13. The number of fused-ring (bicyclic) bond motifs is 1. The molecule has 3 nitrogen and oxygen atoms in total. The van der Waals surface area contributed by atoms with Crippen LogP contribution in [0, 0.1) is 6.92 Å². The van der Waals surface area contributed by atoms with Crippen LogP contribution in [0.4, 0.5) is 5.82 Å². The summed E-state index contributed by atoms with van der Waals surface area (Å²) in [6.45, 7) is 3.10. The molecule has 1 aromatic heterocycles. The third kappa shape index (κ3) is 2.15. The van der Waals surface area contributed by atoms with Gasteiger partial charge in [0.25, 0.3) is 0 Å². The van der Waals surface area contributed by atoms with E-state index in [2.05, 4.69) is 81.4 Å². The van der Waals surface area contributed by atoms with Gasteiger partial charge < -0.3 is 5.32 Å². The van der Waals surface area contributed by atoms with E-state index >= 15 is 0 Å². The van der Waals surface area contributed by atoms with E-state index in [0.717, 1.165) is 40.2 Å². The van der Waals surface area contributed by atoms with E-state index in [-0.39, 0.29) is 0 Å². The van der Waals surface area contributed by atoms with Gasteiger partial charge in [-0.15, -0.1) is 0 Å². The first-order valence-electron chi connectivity index (χ1n) is 7.42. The van der Waals surface area contributed by atoms with Crippen molar-refractivity contribution in [3.05, 3.63) is 64.1 Å². The van der Waals surface area contributed by atoms with Crippen LogP contribution in [0.1, 0.15) is 11.1 Å². The monoisotopic (exact) mass is 353 g/mol. The van der Waals surface area contributed by atoms with Crippen LogP contribution in [0.15, 0.2) is 53.0 Å². The van der Waals surface area contributed by atoms with E-state index in [1.54, 1.807) is 0 Å². The van der Waals surface area contributed by atoms with Crippen LogP contribution in [0.5, 0.6) is 0 Å². The number of nitrogens with zero attached hydrogens (tertiary/aromatic N) is 2. The summed E-state index contributed by atoms with van der Waals surface area (Å²) in [6, 6.07) is 16.7. The molecule has 4 rings (SSSR count). The highest BCUT2D eigenvalue weighted by molar-refractivity contribution is 9.10. The van der Waals surface area contributed by atoms with Gasteiger partial charge in [0.15, 0.2) is 0 Å². The number of hydrogen-bond acceptors (Lipinski definition) is 2. The van der Waals surface area contributed by atoms with Crippen LogP contribution in [-0.2, 0) is 6.42 Å². The van der Waals surface area contributed by atoms with Crippen molar-refractivity contribution in [1.29, 1.82) is 0 Å². The number of aromatic nitrogens is 2. The first-order valence-corrected chi connectivity index (χ1v) is 8.21. The van der Waals surface area contributed by atoms with Crippen molar-refractivity contribution in [2.75, 3.05) is 11.9 Å². The predicted octanol–water partition coefficient (Wildman–Crippen LogP) is 4.58. The number of aryl methyl sites for hydroxylation is 1. The van der Waals surface area contributed by atoms with Crippen molar-refractivity contribution in [2.45, 2.75) is 13.3 Å². The second-order valence-corrected chi connectivity index (χ2v) is 6.47. The fourth-order valence-corrected chi connectivity index (χ4v) is 3.25. The Morgan fingerprint density at radius 2 is 1.86 bits per heavy atom. The molecule has 0 bridgehead atoms. The number of halogens is 1. The van der Waals surface area contributed by atoms with Crippen LogP contribution < -0.4 is 5.32 Å². The molecule has 0 amide bonds. The summed E-state index contributed by atoms with van der Waals surface area (Å²) in [6.07, 6.45) is 1.02. The number of para-hydroxylation sites is 1. The van der Waals surface area contributed by atoms with E-state index in [1.165, 1.54) is 11.1 Å². The molecule has 0 saturated carbocycles. The van der Waals surface area contributed by atoms with Crippen molar-refractivity contribution in [2.24, 2.45) is 0 Å². The minimum atomic E-state index is 0.975. The molecule has 110 valence electrons. The molecule has 0 spiro atoms. The molecule has 0 saturated heterocycles. The standard InChI is InChI=1S/C18H16BrN3/c1-12-4-2-3-5-16(12)22-18-15(10-11-20-18)17(21-22)13-6-8-14(19)9-7-13/h2-9,20H,10-11H2,1H3. The Morgan fingerprint density at radius 3 is 2.64 bits per heavy atom. The summed E-state index contributed by atoms with van der Waals surface area (Å²) in [5, 5.41) is 8.39. The Hall–Kier alpha value is -2.07. The van der Waals surface area contributed by atoms with Gasteiger partial charge in [0.1, 0.15) is 5.82 Å². The Morgan fingerprint density at radius 1 is 1.09 bits per heavy atom. The molecular formula is C18H16BrN3. The lowest BCUT2D eigenvalue weighted by Crippen LogP contribution is -2.05. The second kappa shape index (κ2) is 5.29. The zero-order chi connectivity index (χ0) is 15.1. The molecule has 4 heteroatoms. The van der Waals surface area contributed by atoms with Gasteiger partial charge in [0, 0.05) is 22.1 Å². The Balaban J connectivity index is 1.90. The van der Waals surface area contributed by atoms with Gasteiger partial charge in [-0.1, -0.05) is 46.3 Å². The first kappa shape index (κ1) is 13.6. The maximum atomic E-state index is 4.90. The molecule has 2 heterocycles. The molecule has 0 radical (unpaired) electrons. The van der Waals surface area contributed by atoms with Crippen LogP contribution in [0.3, 0.4) is 0 Å². The number of hydrogen-bond donors (Lipinski definition) is 1. The molecule has 1 aliphatic heterocycles. The maximum absolute atomic E-state index is 4.90. The van der Waals surface area contributed by atoms with Crippen molar-refractivity contribution < 1.29 is 0 Å². The zero-order valence-corrected chi connectivity index (χ0v) is 13.9. The van der Waals surface area contributed by atoms with Crippen molar-refractivity contribution in [3.63, 3.8) is 0 Å². The molecule has 1 aliphatic rings. The highest BCUT2D eigenvalue weighted by Crippen LogP contribution is 2.35. The molecule has 1 N–H and O–H groups in total. The van der Waals surface area contributed by atoms with Crippen LogP contribution in [0.2, 0.25) is 0 Å². The summed E-state index contributed by atoms with van der Waals surface area (Å²) >= 11 is 3.49. The summed E-state index contributed by atoms with van der Waals surface area (Å²) in [4.78, 5) is 0. The lowest BCUT2D eigenvalue weighted by atomic mass is 10.1. The lowest BCUT2D eigenvalue weighted by molar-refractivity contribution is 0.875. The highest BCUT2D eigenvalue weighted by atomic mass is 79.9. The molecule has 22 heavy (non-hydrogen) atoms. The molecular weight excluding hydrogens is 338 g/mol. The molecule has 0 unspecified atom stereocenters. The maximum Gasteiger partial charge on any atom is 0.133 e. The predicted molar refractivity (Wildman–Crippen MR) is 93.6 cm³/mol. The largest absolute Gasteiger partial charge is 0.369 e. The van der Waals surface area contributed by atoms with E-state index in [1.807, 2.05) is 0 Å². The second-order valence-electron chi connectivity index (χ2n) is 5.56. The van der Waals surface area contributed by atoms with Gasteiger partial charge in [0.05, 0.1) is 11.4 Å². The SMILES string of the molecule is Cc1ccccc1-n1nc(-c2ccc(Br)cc2)c2c1NCC2. The smallest absolute Gasteiger partial charge is 0.133 e. The minimum absolute atomic E-state index is 0.975. The minimum Gasteiger partial charge on any atom is -0.369 e. The molecule has 0 aliphatic carbocycles. The summed E-state index contributed by atoms with van der Waals surface area (Å²) in [7, 11) is 0. The van der Waals surface area contributed by atoms with Crippen LogP contribution >= 0.6 is 15.9 Å². The molecule has 0 atom stereocenters. The van der Waals surface area contributed by atoms with E-state index in [9.17, 15) is 0 Å². The van der Waals surface area contributed by atoms with Crippen LogP contribution in [0.25, 0.3) is 16.9 Å². The van der Waals surface area contributed by atoms with Crippen molar-refractivity contribution in [1.82, 2.24) is 9.78 Å². The average Bonchev–Trinajstić information content (AvgIpc) is 3.11. The molecule has 3 aromatic rings. The van der Waals surface area contributed by atoms with Gasteiger partial charge in [-0.05, 0) is 37.1 Å². The number of nitrogens with one attached hydrogen (secondary N) is 1. The van der Waals surface area contributed by atoms with Gasteiger partial charge in [-0.2, -0.15) is 5.10 Å². The van der Waals surface area contributed by atoms with Crippen LogP contribution in [-0.4, -0.2) is 16.3 Å². The number of benzene rings is 2. The fourth-order valence-electron chi connectivity index (χ4n) is 2.99. The van der Waals surface area contributed by atoms with Gasteiger partial charge in [-0.3, -0.25) is 0 Å². The Kier molecular flexibility index (Phi) is 3.26. The highest BCUT2D eigenvalue weighted by Gasteiger charge is 2.24. The van der Waals surface area contributed by atoms with E-state index < -0.39 is 0 Å². The fraction of sp³-hybridized carbons (Fsp3) is 0.167. The van der Waals surface area contributed by atoms with Crippen molar-refractivity contribution >= 4 is 21.7 Å². The molecule has 2 aromatic carbocycles. The molecule has 0 fully saturated rings. The quantitative estimate of drug-likeness (QED) is 0.730. The van der Waals surface area contributed by atoms with Gasteiger partial charge >= 0.3 is 0 Å². The normalized spacial score (nSPS) is 13.0. The summed E-state index contributed by atoms with van der Waals surface area (Å²) < 4.78 is 3.14. The van der Waals surface area contributed by atoms with Gasteiger partial charge in [0.2, 0.25) is 0 Å². The number of anilines is 1. The van der Waals surface area contributed by atoms with E-state index in [0.29, 0.717) is 0 Å². The third-order valence-corrected chi connectivity index (χ3v) is 4.64.